The minimum atomic E-state index is -9.16. The maximum absolute atomic E-state index is 13.8. The van der Waals surface area contributed by atoms with E-state index in [-0.39, 0.29) is 37.7 Å². The molecule has 1 N–H and O–H groups in total. The van der Waals surface area contributed by atoms with E-state index in [1.807, 2.05) is 0 Å². The van der Waals surface area contributed by atoms with Gasteiger partial charge in [-0.15, -0.1) is 0 Å². The fourth-order valence-electron chi connectivity index (χ4n) is 1.53. The molecule has 0 saturated carbocycles. The molecule has 0 aliphatic carbocycles. The predicted octanol–water partition coefficient (Wildman–Crippen LogP) is 3.92. The van der Waals surface area contributed by atoms with Crippen LogP contribution in [-0.4, -0.2) is 97.7 Å². The van der Waals surface area contributed by atoms with Crippen molar-refractivity contribution >= 4 is 47.9 Å². The summed E-state index contributed by atoms with van der Waals surface area (Å²) in [6.45, 7) is 0. The van der Waals surface area contributed by atoms with E-state index in [0.29, 0.717) is 0 Å². The predicted molar refractivity (Wildman–Crippen MR) is 60.8 cm³/mol. The van der Waals surface area contributed by atoms with E-state index in [1.165, 1.54) is 0 Å². The van der Waals surface area contributed by atoms with Crippen LogP contribution in [0.5, 0.6) is 0 Å². The van der Waals surface area contributed by atoms with Crippen molar-refractivity contribution in [2.75, 3.05) is 0 Å². The summed E-state index contributed by atoms with van der Waals surface area (Å²) in [5, 5.41) is -8.42. The average molecular weight is 542 g/mol. The van der Waals surface area contributed by atoms with Gasteiger partial charge in [0.1, 0.15) is 0 Å². The molecule has 30 heavy (non-hydrogen) atoms. The first-order valence-electron chi connectivity index (χ1n) is 5.68. The molecule has 0 saturated heterocycles. The van der Waals surface area contributed by atoms with Gasteiger partial charge >= 0.3 is 94.8 Å². The molecular formula is C8H3CaF17O3S. The summed E-state index contributed by atoms with van der Waals surface area (Å²) >= 11 is 0. The molecule has 0 radical (unpaired) electrons. The van der Waals surface area contributed by atoms with Crippen LogP contribution in [0.3, 0.4) is 0 Å². The zero-order valence-corrected chi connectivity index (χ0v) is 12.9. The number of hydrogen-bond acceptors (Lipinski definition) is 2. The van der Waals surface area contributed by atoms with Crippen molar-refractivity contribution in [3.05, 3.63) is 0 Å². The second-order valence-electron chi connectivity index (χ2n) is 4.94. The molecule has 0 aromatic carbocycles. The molecule has 0 aliphatic rings. The number of halogens is 17. The van der Waals surface area contributed by atoms with E-state index in [9.17, 15) is 83.1 Å². The van der Waals surface area contributed by atoms with Crippen LogP contribution in [0.4, 0.5) is 74.6 Å². The van der Waals surface area contributed by atoms with Gasteiger partial charge < -0.3 is 0 Å². The van der Waals surface area contributed by atoms with Crippen LogP contribution in [0.1, 0.15) is 0 Å². The van der Waals surface area contributed by atoms with Crippen LogP contribution >= 0.6 is 0 Å². The Morgan fingerprint density at radius 3 is 0.933 bits per heavy atom. The number of rotatable bonds is 6. The summed E-state index contributed by atoms with van der Waals surface area (Å²) in [4.78, 5) is 0. The molecule has 0 heterocycles. The third-order valence-corrected chi connectivity index (χ3v) is 4.02. The molecule has 0 aliphatic heterocycles. The average Bonchev–Trinajstić information content (AvgIpc) is 2.41. The van der Waals surface area contributed by atoms with E-state index in [1.54, 1.807) is 0 Å². The Labute approximate surface area is 182 Å². The van der Waals surface area contributed by atoms with Crippen molar-refractivity contribution in [1.29, 1.82) is 0 Å². The quantitative estimate of drug-likeness (QED) is 0.315. The molecule has 0 aromatic heterocycles. The summed E-state index contributed by atoms with van der Waals surface area (Å²) in [5.41, 5.74) is -9.13. The van der Waals surface area contributed by atoms with Crippen LogP contribution in [0.15, 0.2) is 0 Å². The van der Waals surface area contributed by atoms with Gasteiger partial charge in [-0.1, -0.05) is 0 Å². The standard InChI is InChI=1S/C8HF17O3S.Ca.2H/c9-1(3(12,13)6(18,19)20,8(24,25)29(26,27)28)2(10,11)4(14,15)5(16,17)7(21,22)23;;;/h(H,26,27,28);;;. The van der Waals surface area contributed by atoms with Crippen LogP contribution in [0.25, 0.3) is 0 Å². The molecule has 0 spiro atoms. The van der Waals surface area contributed by atoms with E-state index in [2.05, 4.69) is 0 Å². The molecule has 1 unspecified atom stereocenters. The van der Waals surface area contributed by atoms with Gasteiger partial charge in [-0.2, -0.15) is 78.7 Å². The fraction of sp³-hybridized carbons (Fsp3) is 1.00. The van der Waals surface area contributed by atoms with Gasteiger partial charge in [-0.05, 0) is 0 Å². The monoisotopic (exact) mass is 542 g/mol. The topological polar surface area (TPSA) is 54.4 Å². The second kappa shape index (κ2) is 7.79. The molecule has 0 rings (SSSR count). The van der Waals surface area contributed by atoms with Crippen molar-refractivity contribution in [2.45, 2.75) is 47.0 Å². The molecule has 0 amide bonds. The summed E-state index contributed by atoms with van der Waals surface area (Å²) in [6, 6.07) is 0. The van der Waals surface area contributed by atoms with Gasteiger partial charge in [-0.3, -0.25) is 4.55 Å². The summed E-state index contributed by atoms with van der Waals surface area (Å²) < 4.78 is 244. The summed E-state index contributed by atoms with van der Waals surface area (Å²) in [5.74, 6) is -35.3. The Kier molecular flexibility index (Phi) is 8.35. The first-order chi connectivity index (χ1) is 12.0. The SMILES string of the molecule is O=S(=O)(O)C(F)(F)C(F)(C(F)(F)C(F)(F)F)C(F)(F)C(F)(F)C(F)(F)C(F)(F)F.[CaH2]. The van der Waals surface area contributed by atoms with Crippen LogP contribution < -0.4 is 0 Å². The first kappa shape index (κ1) is 32.2. The zero-order valence-electron chi connectivity index (χ0n) is 12.1. The Balaban J connectivity index is 0. The third kappa shape index (κ3) is 3.93. The summed E-state index contributed by atoms with van der Waals surface area (Å²) in [6.07, 6.45) is -16.2. The van der Waals surface area contributed by atoms with Crippen molar-refractivity contribution < 1.29 is 87.6 Å². The molecule has 0 bridgehead atoms. The van der Waals surface area contributed by atoms with Gasteiger partial charge in [0.05, 0.1) is 0 Å². The molecule has 180 valence electrons. The number of alkyl halides is 17. The second-order valence-corrected chi connectivity index (χ2v) is 6.41. The Morgan fingerprint density at radius 2 is 0.733 bits per heavy atom. The Hall–Kier alpha value is -0.0203. The van der Waals surface area contributed by atoms with E-state index >= 15 is 0 Å². The van der Waals surface area contributed by atoms with E-state index < -0.39 is 57.1 Å². The van der Waals surface area contributed by atoms with Gasteiger partial charge in [0, 0.05) is 0 Å². The molecule has 3 nitrogen and oxygen atoms in total. The van der Waals surface area contributed by atoms with Crippen LogP contribution in [0.2, 0.25) is 0 Å². The maximum atomic E-state index is 13.8. The molecular weight excluding hydrogens is 539 g/mol. The number of hydrogen-bond donors (Lipinski definition) is 1. The fourth-order valence-corrected chi connectivity index (χ4v) is 2.14. The third-order valence-electron chi connectivity index (χ3n) is 3.09. The first-order valence-corrected chi connectivity index (χ1v) is 7.12. The molecule has 22 heteroatoms. The van der Waals surface area contributed by atoms with Gasteiger partial charge in [-0.25, -0.2) is 4.39 Å². The van der Waals surface area contributed by atoms with Crippen LogP contribution in [0, 0.1) is 0 Å². The van der Waals surface area contributed by atoms with Crippen molar-refractivity contribution in [1.82, 2.24) is 0 Å². The minimum absolute atomic E-state index is 0. The van der Waals surface area contributed by atoms with Crippen LogP contribution in [-0.2, 0) is 10.1 Å². The van der Waals surface area contributed by atoms with Crippen molar-refractivity contribution in [3.63, 3.8) is 0 Å². The Morgan fingerprint density at radius 1 is 0.467 bits per heavy atom. The zero-order chi connectivity index (χ0) is 24.5. The van der Waals surface area contributed by atoms with E-state index in [0.717, 1.165) is 0 Å². The summed E-state index contributed by atoms with van der Waals surface area (Å²) in [7, 11) is -8.36. The molecule has 0 fully saturated rings. The van der Waals surface area contributed by atoms with Gasteiger partial charge in [0.25, 0.3) is 0 Å². The van der Waals surface area contributed by atoms with Crippen molar-refractivity contribution in [3.8, 4) is 0 Å². The molecule has 1 atom stereocenters. The van der Waals surface area contributed by atoms with E-state index in [4.69, 9.17) is 4.55 Å². The molecule has 0 aromatic rings. The van der Waals surface area contributed by atoms with Crippen molar-refractivity contribution in [2.24, 2.45) is 0 Å². The van der Waals surface area contributed by atoms with Gasteiger partial charge in [0.15, 0.2) is 0 Å². The normalized spacial score (nSPS) is 17.9. The van der Waals surface area contributed by atoms with Gasteiger partial charge in [0.2, 0.25) is 0 Å². The Bertz CT molecular complexity index is 737.